The van der Waals surface area contributed by atoms with Crippen molar-refractivity contribution < 1.29 is 9.21 Å². The first kappa shape index (κ1) is 20.1. The fraction of sp³-hybridized carbons (Fsp3) is 0.625. The molecule has 4 saturated carbocycles. The number of carbonyl (C=O) groups excluding carboxylic acids is 1. The van der Waals surface area contributed by atoms with Crippen molar-refractivity contribution in [2.75, 3.05) is 23.7 Å². The SMILES string of the molecule is CCN(CC)c1ccc(-c2nnc(SCC(=O)C34CC5CC(CC(C5)C3)C4)o2)cc1. The van der Waals surface area contributed by atoms with Gasteiger partial charge in [-0.25, -0.2) is 0 Å². The predicted octanol–water partition coefficient (Wildman–Crippen LogP) is 5.46. The monoisotopic (exact) mass is 425 g/mol. The van der Waals surface area contributed by atoms with Crippen LogP contribution >= 0.6 is 11.8 Å². The molecule has 6 rings (SSSR count). The first-order chi connectivity index (χ1) is 14.6. The molecule has 0 atom stereocenters. The Hall–Kier alpha value is -1.82. The molecule has 4 aliphatic carbocycles. The molecule has 6 heteroatoms. The molecule has 5 nitrogen and oxygen atoms in total. The van der Waals surface area contributed by atoms with E-state index in [0.717, 1.165) is 55.7 Å². The normalized spacial score (nSPS) is 29.3. The van der Waals surface area contributed by atoms with E-state index in [-0.39, 0.29) is 5.41 Å². The van der Waals surface area contributed by atoms with E-state index >= 15 is 0 Å². The summed E-state index contributed by atoms with van der Waals surface area (Å²) in [5, 5.41) is 8.89. The van der Waals surface area contributed by atoms with Gasteiger partial charge in [0.25, 0.3) is 5.22 Å². The summed E-state index contributed by atoms with van der Waals surface area (Å²) in [6.07, 6.45) is 7.43. The van der Waals surface area contributed by atoms with E-state index in [2.05, 4.69) is 41.1 Å². The second-order valence-electron chi connectivity index (χ2n) is 9.50. The first-order valence-corrected chi connectivity index (χ1v) is 12.4. The molecule has 0 saturated heterocycles. The van der Waals surface area contributed by atoms with E-state index in [9.17, 15) is 4.79 Å². The maximum absolute atomic E-state index is 13.2. The summed E-state index contributed by atoms with van der Waals surface area (Å²) in [7, 11) is 0. The van der Waals surface area contributed by atoms with E-state index in [4.69, 9.17) is 4.42 Å². The lowest BCUT2D eigenvalue weighted by Gasteiger charge is -2.55. The summed E-state index contributed by atoms with van der Waals surface area (Å²) >= 11 is 1.41. The fourth-order valence-corrected chi connectivity index (χ4v) is 7.32. The number of Topliss-reactive ketones (excluding diaryl/α,β-unsaturated/α-hetero) is 1. The van der Waals surface area contributed by atoms with Gasteiger partial charge in [-0.15, -0.1) is 10.2 Å². The zero-order chi connectivity index (χ0) is 20.7. The Morgan fingerprint density at radius 3 is 2.20 bits per heavy atom. The van der Waals surface area contributed by atoms with Crippen LogP contribution in [0.1, 0.15) is 52.4 Å². The second kappa shape index (κ2) is 8.03. The zero-order valence-corrected chi connectivity index (χ0v) is 18.8. The highest BCUT2D eigenvalue weighted by molar-refractivity contribution is 7.99. The molecular formula is C24H31N3O2S. The zero-order valence-electron chi connectivity index (χ0n) is 18.0. The first-order valence-electron chi connectivity index (χ1n) is 11.4. The molecular weight excluding hydrogens is 394 g/mol. The number of hydrogen-bond donors (Lipinski definition) is 0. The molecule has 4 fully saturated rings. The van der Waals surface area contributed by atoms with Gasteiger partial charge in [-0.2, -0.15) is 0 Å². The van der Waals surface area contributed by atoms with E-state index in [1.807, 2.05) is 12.1 Å². The summed E-state index contributed by atoms with van der Waals surface area (Å²) in [6.45, 7) is 6.27. The van der Waals surface area contributed by atoms with Gasteiger partial charge in [-0.1, -0.05) is 11.8 Å². The van der Waals surface area contributed by atoms with E-state index in [1.165, 1.54) is 36.7 Å². The number of carbonyl (C=O) groups is 1. The largest absolute Gasteiger partial charge is 0.411 e. The van der Waals surface area contributed by atoms with Crippen molar-refractivity contribution in [3.63, 3.8) is 0 Å². The molecule has 1 aromatic carbocycles. The molecule has 1 aromatic heterocycles. The van der Waals surface area contributed by atoms with Gasteiger partial charge in [0.15, 0.2) is 0 Å². The van der Waals surface area contributed by atoms with Crippen LogP contribution in [-0.4, -0.2) is 34.8 Å². The van der Waals surface area contributed by atoms with Crippen LogP contribution < -0.4 is 4.90 Å². The number of ketones is 1. The maximum atomic E-state index is 13.2. The summed E-state index contributed by atoms with van der Waals surface area (Å²) in [6, 6.07) is 8.23. The minimum absolute atomic E-state index is 0.0507. The summed E-state index contributed by atoms with van der Waals surface area (Å²) in [5.41, 5.74) is 2.06. The molecule has 160 valence electrons. The maximum Gasteiger partial charge on any atom is 0.277 e. The molecule has 0 spiro atoms. The average molecular weight is 426 g/mol. The fourth-order valence-electron chi connectivity index (χ4n) is 6.52. The molecule has 0 unspecified atom stereocenters. The standard InChI is InChI=1S/C24H31N3O2S/c1-3-27(4-2)20-7-5-19(6-8-20)22-25-26-23(29-22)30-15-21(28)24-12-16-9-17(13-24)11-18(10-16)14-24/h5-8,16-18H,3-4,9-15H2,1-2H3. The lowest BCUT2D eigenvalue weighted by atomic mass is 9.48. The number of hydrogen-bond acceptors (Lipinski definition) is 6. The van der Waals surface area contributed by atoms with Gasteiger partial charge >= 0.3 is 0 Å². The Balaban J connectivity index is 1.22. The summed E-state index contributed by atoms with van der Waals surface area (Å²) < 4.78 is 5.87. The van der Waals surface area contributed by atoms with Gasteiger partial charge < -0.3 is 9.32 Å². The van der Waals surface area contributed by atoms with E-state index < -0.39 is 0 Å². The molecule has 0 aliphatic heterocycles. The molecule has 2 aromatic rings. The molecule has 4 aliphatic rings. The quantitative estimate of drug-likeness (QED) is 0.523. The molecule has 0 radical (unpaired) electrons. The third-order valence-electron chi connectivity index (χ3n) is 7.61. The van der Waals surface area contributed by atoms with Crippen molar-refractivity contribution in [2.24, 2.45) is 23.2 Å². The summed E-state index contributed by atoms with van der Waals surface area (Å²) in [5.74, 6) is 3.76. The number of rotatable bonds is 8. The number of aromatic nitrogens is 2. The molecule has 0 amide bonds. The average Bonchev–Trinajstić information content (AvgIpc) is 3.21. The minimum atomic E-state index is -0.0507. The van der Waals surface area contributed by atoms with Crippen molar-refractivity contribution >= 4 is 23.2 Å². The van der Waals surface area contributed by atoms with Crippen molar-refractivity contribution in [3.05, 3.63) is 24.3 Å². The van der Waals surface area contributed by atoms with Gasteiger partial charge in [0.1, 0.15) is 5.78 Å². The highest BCUT2D eigenvalue weighted by Crippen LogP contribution is 2.60. The minimum Gasteiger partial charge on any atom is -0.411 e. The van der Waals surface area contributed by atoms with Gasteiger partial charge in [0.05, 0.1) is 5.75 Å². The van der Waals surface area contributed by atoms with Gasteiger partial charge in [0, 0.05) is 29.8 Å². The highest BCUT2D eigenvalue weighted by atomic mass is 32.2. The number of nitrogens with zero attached hydrogens (tertiary/aromatic N) is 3. The predicted molar refractivity (Wildman–Crippen MR) is 120 cm³/mol. The number of benzene rings is 1. The Labute approximate surface area is 183 Å². The molecule has 4 bridgehead atoms. The van der Waals surface area contributed by atoms with Crippen molar-refractivity contribution in [2.45, 2.75) is 57.6 Å². The third-order valence-corrected chi connectivity index (χ3v) is 8.42. The van der Waals surface area contributed by atoms with Crippen molar-refractivity contribution in [1.29, 1.82) is 0 Å². The number of thioether (sulfide) groups is 1. The lowest BCUT2D eigenvalue weighted by Crippen LogP contribution is -2.50. The lowest BCUT2D eigenvalue weighted by molar-refractivity contribution is -0.141. The van der Waals surface area contributed by atoms with Crippen LogP contribution in [0.25, 0.3) is 11.5 Å². The Kier molecular flexibility index (Phi) is 5.38. The van der Waals surface area contributed by atoms with Gasteiger partial charge in [0.2, 0.25) is 5.89 Å². The van der Waals surface area contributed by atoms with E-state index in [0.29, 0.717) is 22.6 Å². The summed E-state index contributed by atoms with van der Waals surface area (Å²) in [4.78, 5) is 15.5. The third kappa shape index (κ3) is 3.68. The van der Waals surface area contributed by atoms with Crippen LogP contribution in [0.3, 0.4) is 0 Å². The molecule has 30 heavy (non-hydrogen) atoms. The van der Waals surface area contributed by atoms with Crippen LogP contribution in [-0.2, 0) is 4.79 Å². The van der Waals surface area contributed by atoms with Crippen LogP contribution in [0, 0.1) is 23.2 Å². The van der Waals surface area contributed by atoms with E-state index in [1.54, 1.807) is 0 Å². The Morgan fingerprint density at radius 2 is 1.63 bits per heavy atom. The Bertz CT molecular complexity index is 868. The van der Waals surface area contributed by atoms with Gasteiger partial charge in [-0.05, 0) is 94.4 Å². The van der Waals surface area contributed by atoms with Crippen LogP contribution in [0.15, 0.2) is 33.9 Å². The Morgan fingerprint density at radius 1 is 1.03 bits per heavy atom. The molecule has 0 N–H and O–H groups in total. The van der Waals surface area contributed by atoms with Crippen LogP contribution in [0.5, 0.6) is 0 Å². The van der Waals surface area contributed by atoms with Crippen LogP contribution in [0.2, 0.25) is 0 Å². The van der Waals surface area contributed by atoms with Crippen LogP contribution in [0.4, 0.5) is 5.69 Å². The molecule has 1 heterocycles. The van der Waals surface area contributed by atoms with Crippen molar-refractivity contribution in [3.8, 4) is 11.5 Å². The topological polar surface area (TPSA) is 59.2 Å². The second-order valence-corrected chi connectivity index (χ2v) is 10.4. The van der Waals surface area contributed by atoms with Gasteiger partial charge in [-0.3, -0.25) is 4.79 Å². The number of anilines is 1. The highest BCUT2D eigenvalue weighted by Gasteiger charge is 2.54. The van der Waals surface area contributed by atoms with Crippen molar-refractivity contribution in [1.82, 2.24) is 10.2 Å². The smallest absolute Gasteiger partial charge is 0.277 e.